The summed E-state index contributed by atoms with van der Waals surface area (Å²) < 4.78 is 5.55. The van der Waals surface area contributed by atoms with E-state index in [1.54, 1.807) is 43.3 Å². The number of ketones is 1. The molecule has 0 radical (unpaired) electrons. The molecule has 0 unspecified atom stereocenters. The number of carbonyl (C=O) groups excluding carboxylic acids is 3. The number of Topliss-reactive ketones (excluding diaryl/α,β-unsaturated/α-hetero) is 1. The first kappa shape index (κ1) is 15.9. The molecule has 0 bridgehead atoms. The normalized spacial score (nSPS) is 17.1. The van der Waals surface area contributed by atoms with Crippen molar-refractivity contribution < 1.29 is 19.1 Å². The van der Waals surface area contributed by atoms with Gasteiger partial charge in [0.05, 0.1) is 12.1 Å². The van der Waals surface area contributed by atoms with Crippen LogP contribution in [0, 0.1) is 6.92 Å². The number of ether oxygens (including phenoxy) is 1. The Hall–Kier alpha value is -2.95. The van der Waals surface area contributed by atoms with E-state index in [0.29, 0.717) is 11.3 Å². The molecule has 2 aromatic carbocycles. The van der Waals surface area contributed by atoms with Crippen molar-refractivity contribution in [2.75, 3.05) is 6.54 Å². The van der Waals surface area contributed by atoms with Crippen molar-refractivity contribution in [3.8, 4) is 5.75 Å². The van der Waals surface area contributed by atoms with E-state index >= 15 is 0 Å². The average Bonchev–Trinajstić information content (AvgIpc) is 2.66. The molecule has 1 aliphatic heterocycles. The lowest BCUT2D eigenvalue weighted by Crippen LogP contribution is -2.44. The van der Waals surface area contributed by atoms with Crippen LogP contribution in [0.1, 0.15) is 33.2 Å². The van der Waals surface area contributed by atoms with Crippen LogP contribution in [0.5, 0.6) is 5.75 Å². The van der Waals surface area contributed by atoms with E-state index in [-0.39, 0.29) is 17.9 Å². The number of nitrogens with zero attached hydrogens (tertiary/aromatic N) is 1. The van der Waals surface area contributed by atoms with Crippen molar-refractivity contribution in [1.82, 2.24) is 4.90 Å². The van der Waals surface area contributed by atoms with Crippen LogP contribution in [-0.2, 0) is 4.79 Å². The maximum Gasteiger partial charge on any atom is 0.270 e. The van der Waals surface area contributed by atoms with Gasteiger partial charge in [-0.15, -0.1) is 0 Å². The van der Waals surface area contributed by atoms with Gasteiger partial charge in [-0.05, 0) is 26.0 Å². The first-order chi connectivity index (χ1) is 11.5. The summed E-state index contributed by atoms with van der Waals surface area (Å²) in [5, 5.41) is 0. The topological polar surface area (TPSA) is 63.7 Å². The fourth-order valence-corrected chi connectivity index (χ4v) is 2.58. The van der Waals surface area contributed by atoms with E-state index in [0.717, 1.165) is 10.5 Å². The van der Waals surface area contributed by atoms with E-state index in [4.69, 9.17) is 4.74 Å². The Labute approximate surface area is 139 Å². The number of amides is 2. The molecule has 0 fully saturated rings. The number of benzene rings is 2. The van der Waals surface area contributed by atoms with Crippen molar-refractivity contribution in [2.45, 2.75) is 20.0 Å². The average molecular weight is 323 g/mol. The van der Waals surface area contributed by atoms with Crippen LogP contribution in [0.25, 0.3) is 0 Å². The second kappa shape index (κ2) is 6.28. The highest BCUT2D eigenvalue weighted by molar-refractivity contribution is 6.12. The second-order valence-electron chi connectivity index (χ2n) is 5.77. The van der Waals surface area contributed by atoms with Crippen LogP contribution in [0.2, 0.25) is 0 Å². The van der Waals surface area contributed by atoms with Gasteiger partial charge in [-0.3, -0.25) is 19.3 Å². The van der Waals surface area contributed by atoms with E-state index in [1.807, 2.05) is 19.1 Å². The third kappa shape index (κ3) is 2.93. The summed E-state index contributed by atoms with van der Waals surface area (Å²) in [5.74, 6) is -0.964. The number of imide groups is 1. The molecule has 1 atom stereocenters. The summed E-state index contributed by atoms with van der Waals surface area (Å²) >= 11 is 0. The molecule has 1 aliphatic rings. The molecular formula is C19H17NO4. The largest absolute Gasteiger partial charge is 0.480 e. The van der Waals surface area contributed by atoms with Gasteiger partial charge in [-0.25, -0.2) is 0 Å². The number of hydrogen-bond acceptors (Lipinski definition) is 4. The van der Waals surface area contributed by atoms with Gasteiger partial charge in [-0.2, -0.15) is 0 Å². The smallest absolute Gasteiger partial charge is 0.270 e. The minimum Gasteiger partial charge on any atom is -0.480 e. The van der Waals surface area contributed by atoms with Gasteiger partial charge in [0.2, 0.25) is 0 Å². The number of rotatable bonds is 3. The number of hydrogen-bond donors (Lipinski definition) is 0. The first-order valence-corrected chi connectivity index (χ1v) is 7.68. The molecule has 0 aliphatic carbocycles. The number of aryl methyl sites for hydroxylation is 1. The van der Waals surface area contributed by atoms with Gasteiger partial charge in [0, 0.05) is 5.56 Å². The molecule has 1 heterocycles. The fourth-order valence-electron chi connectivity index (χ4n) is 2.58. The molecule has 0 N–H and O–H groups in total. The minimum atomic E-state index is -0.830. The molecule has 122 valence electrons. The van der Waals surface area contributed by atoms with Crippen LogP contribution >= 0.6 is 0 Å². The summed E-state index contributed by atoms with van der Waals surface area (Å²) in [6.07, 6.45) is -0.830. The van der Waals surface area contributed by atoms with Gasteiger partial charge in [-0.1, -0.05) is 42.0 Å². The van der Waals surface area contributed by atoms with Gasteiger partial charge in [0.1, 0.15) is 5.75 Å². The molecule has 0 saturated heterocycles. The monoisotopic (exact) mass is 323 g/mol. The lowest BCUT2D eigenvalue weighted by Gasteiger charge is -2.19. The van der Waals surface area contributed by atoms with Crippen molar-refractivity contribution in [3.63, 3.8) is 0 Å². The molecule has 2 aromatic rings. The van der Waals surface area contributed by atoms with Crippen molar-refractivity contribution >= 4 is 17.6 Å². The number of para-hydroxylation sites is 1. The maximum atomic E-state index is 12.7. The van der Waals surface area contributed by atoms with Crippen LogP contribution in [-0.4, -0.2) is 35.1 Å². The summed E-state index contributed by atoms with van der Waals surface area (Å²) in [4.78, 5) is 38.6. The Morgan fingerprint density at radius 2 is 1.75 bits per heavy atom. The highest BCUT2D eigenvalue weighted by atomic mass is 16.5. The van der Waals surface area contributed by atoms with Crippen molar-refractivity contribution in [2.24, 2.45) is 0 Å². The number of fused-ring (bicyclic) bond motifs is 1. The molecule has 0 spiro atoms. The lowest BCUT2D eigenvalue weighted by molar-refractivity contribution is -0.134. The van der Waals surface area contributed by atoms with Crippen LogP contribution in [0.15, 0.2) is 48.5 Å². The van der Waals surface area contributed by atoms with Gasteiger partial charge in [0.25, 0.3) is 11.8 Å². The molecule has 0 aromatic heterocycles. The maximum absolute atomic E-state index is 12.7. The van der Waals surface area contributed by atoms with Gasteiger partial charge < -0.3 is 4.74 Å². The zero-order chi connectivity index (χ0) is 17.3. The molecule has 5 heteroatoms. The van der Waals surface area contributed by atoms with Crippen LogP contribution in [0.3, 0.4) is 0 Å². The minimum absolute atomic E-state index is 0.284. The Morgan fingerprint density at radius 1 is 1.08 bits per heavy atom. The number of carbonyl (C=O) groups is 3. The zero-order valence-electron chi connectivity index (χ0n) is 13.5. The molecule has 0 saturated carbocycles. The fraction of sp³-hybridized carbons (Fsp3) is 0.211. The molecular weight excluding hydrogens is 306 g/mol. The van der Waals surface area contributed by atoms with E-state index < -0.39 is 17.9 Å². The van der Waals surface area contributed by atoms with Crippen LogP contribution in [0.4, 0.5) is 0 Å². The summed E-state index contributed by atoms with van der Waals surface area (Å²) in [7, 11) is 0. The predicted molar refractivity (Wildman–Crippen MR) is 88.1 cm³/mol. The second-order valence-corrected chi connectivity index (χ2v) is 5.77. The Bertz CT molecular complexity index is 810. The highest BCUT2D eigenvalue weighted by Gasteiger charge is 2.35. The molecule has 24 heavy (non-hydrogen) atoms. The van der Waals surface area contributed by atoms with E-state index in [2.05, 4.69) is 0 Å². The first-order valence-electron chi connectivity index (χ1n) is 7.68. The third-order valence-corrected chi connectivity index (χ3v) is 3.96. The SMILES string of the molecule is Cc1ccc(C(=O)CN2C(=O)c3ccccc3O[C@H](C)C2=O)cc1. The standard InChI is InChI=1S/C19H17NO4/c1-12-7-9-14(10-8-12)16(21)11-20-18(22)13(2)24-17-6-4-3-5-15(17)19(20)23/h3-10,13H,11H2,1-2H3/t13-/m1/s1. The van der Waals surface area contributed by atoms with Gasteiger partial charge >= 0.3 is 0 Å². The predicted octanol–water partition coefficient (Wildman–Crippen LogP) is 2.63. The third-order valence-electron chi connectivity index (χ3n) is 3.96. The highest BCUT2D eigenvalue weighted by Crippen LogP contribution is 2.25. The molecule has 2 amide bonds. The Balaban J connectivity index is 1.91. The Kier molecular flexibility index (Phi) is 4.16. The van der Waals surface area contributed by atoms with Crippen LogP contribution < -0.4 is 4.74 Å². The summed E-state index contributed by atoms with van der Waals surface area (Å²) in [5.41, 5.74) is 1.78. The van der Waals surface area contributed by atoms with Crippen molar-refractivity contribution in [1.29, 1.82) is 0 Å². The van der Waals surface area contributed by atoms with E-state index in [9.17, 15) is 14.4 Å². The van der Waals surface area contributed by atoms with Crippen molar-refractivity contribution in [3.05, 3.63) is 65.2 Å². The lowest BCUT2D eigenvalue weighted by atomic mass is 10.1. The van der Waals surface area contributed by atoms with E-state index in [1.165, 1.54) is 0 Å². The molecule has 3 rings (SSSR count). The summed E-state index contributed by atoms with van der Waals surface area (Å²) in [6, 6.07) is 13.7. The van der Waals surface area contributed by atoms with Gasteiger partial charge in [0.15, 0.2) is 11.9 Å². The quantitative estimate of drug-likeness (QED) is 0.643. The Morgan fingerprint density at radius 3 is 2.46 bits per heavy atom. The summed E-state index contributed by atoms with van der Waals surface area (Å²) in [6.45, 7) is 3.19. The zero-order valence-corrected chi connectivity index (χ0v) is 13.5. The molecule has 5 nitrogen and oxygen atoms in total.